The number of benzene rings is 1. The second kappa shape index (κ2) is 3.44. The Balaban J connectivity index is 2.86. The van der Waals surface area contributed by atoms with Gasteiger partial charge in [-0.05, 0) is 18.1 Å². The fraction of sp³-hybridized carbons (Fsp3) is 0.250. The smallest absolute Gasteiger partial charge is 0.142 e. The molecule has 0 unspecified atom stereocenters. The van der Waals surface area contributed by atoms with Crippen molar-refractivity contribution < 1.29 is 5.11 Å². The van der Waals surface area contributed by atoms with Crippen molar-refractivity contribution in [3.8, 4) is 0 Å². The van der Waals surface area contributed by atoms with Crippen LogP contribution in [0.25, 0.3) is 0 Å². The summed E-state index contributed by atoms with van der Waals surface area (Å²) in [5.41, 5.74) is 8.65. The highest BCUT2D eigenvalue weighted by atomic mass is 16.2. The topological polar surface area (TPSA) is 46.2 Å². The molecule has 0 heterocycles. The molecule has 0 radical (unpaired) electrons. The lowest BCUT2D eigenvalue weighted by molar-refractivity contribution is 0.299. The van der Waals surface area contributed by atoms with Crippen LogP contribution in [0.5, 0.6) is 0 Å². The molecule has 3 heteroatoms. The molecular formula is C8H12BNO. The third-order valence-electron chi connectivity index (χ3n) is 1.73. The van der Waals surface area contributed by atoms with Gasteiger partial charge in [0.2, 0.25) is 0 Å². The van der Waals surface area contributed by atoms with Crippen molar-refractivity contribution in [1.29, 1.82) is 0 Å². The molecule has 0 atom stereocenters. The maximum Gasteiger partial charge on any atom is 0.142 e. The average Bonchev–Trinajstić information content (AvgIpc) is 1.98. The number of nitrogen functional groups attached to an aromatic ring is 1. The van der Waals surface area contributed by atoms with Crippen LogP contribution in [0, 0.1) is 0 Å². The molecule has 0 saturated heterocycles. The van der Waals surface area contributed by atoms with Crippen molar-refractivity contribution in [1.82, 2.24) is 0 Å². The van der Waals surface area contributed by atoms with Gasteiger partial charge in [-0.1, -0.05) is 17.6 Å². The van der Waals surface area contributed by atoms with Gasteiger partial charge < -0.3 is 10.8 Å². The molecule has 11 heavy (non-hydrogen) atoms. The van der Waals surface area contributed by atoms with Crippen molar-refractivity contribution in [2.24, 2.45) is 0 Å². The van der Waals surface area contributed by atoms with Gasteiger partial charge in [0.1, 0.15) is 7.85 Å². The molecule has 0 spiro atoms. The highest BCUT2D eigenvalue weighted by Gasteiger charge is 1.94. The zero-order valence-electron chi connectivity index (χ0n) is 6.67. The van der Waals surface area contributed by atoms with Gasteiger partial charge in [0, 0.05) is 12.3 Å². The fourth-order valence-electron chi connectivity index (χ4n) is 1.02. The first-order chi connectivity index (χ1) is 5.24. The minimum Gasteiger partial charge on any atom is -0.399 e. The molecule has 0 aromatic heterocycles. The second-order valence-electron chi connectivity index (χ2n) is 2.66. The molecule has 2 nitrogen and oxygen atoms in total. The standard InChI is InChI=1S/C8H12BNO/c9-7-5-6(3-4-11)1-2-8(7)10/h1-2,5,11H,3-4,9-10H2. The maximum absolute atomic E-state index is 8.65. The van der Waals surface area contributed by atoms with Crippen LogP contribution in [0.2, 0.25) is 0 Å². The lowest BCUT2D eigenvalue weighted by Gasteiger charge is -2.02. The normalized spacial score (nSPS) is 9.91. The molecule has 0 fully saturated rings. The molecule has 1 rings (SSSR count). The second-order valence-corrected chi connectivity index (χ2v) is 2.66. The van der Waals surface area contributed by atoms with Crippen molar-refractivity contribution in [3.05, 3.63) is 23.8 Å². The Morgan fingerprint density at radius 3 is 2.73 bits per heavy atom. The largest absolute Gasteiger partial charge is 0.399 e. The highest BCUT2D eigenvalue weighted by Crippen LogP contribution is 2.02. The first-order valence-corrected chi connectivity index (χ1v) is 3.70. The average molecular weight is 149 g/mol. The first-order valence-electron chi connectivity index (χ1n) is 3.70. The van der Waals surface area contributed by atoms with E-state index in [2.05, 4.69) is 0 Å². The Hall–Kier alpha value is -0.955. The lowest BCUT2D eigenvalue weighted by atomic mass is 9.92. The molecule has 0 aliphatic carbocycles. The van der Waals surface area contributed by atoms with Gasteiger partial charge in [0.15, 0.2) is 0 Å². The Bertz CT molecular complexity index is 250. The van der Waals surface area contributed by atoms with Crippen LogP contribution < -0.4 is 11.2 Å². The summed E-state index contributed by atoms with van der Waals surface area (Å²) in [5, 5.41) is 8.65. The fourth-order valence-corrected chi connectivity index (χ4v) is 1.02. The van der Waals surface area contributed by atoms with Crippen molar-refractivity contribution in [3.63, 3.8) is 0 Å². The van der Waals surface area contributed by atoms with Crippen LogP contribution in [0.3, 0.4) is 0 Å². The summed E-state index contributed by atoms with van der Waals surface area (Å²) in [7, 11) is 1.97. The van der Waals surface area contributed by atoms with Crippen LogP contribution in [0.15, 0.2) is 18.2 Å². The number of aliphatic hydroxyl groups excluding tert-OH is 1. The van der Waals surface area contributed by atoms with Crippen molar-refractivity contribution in [2.75, 3.05) is 12.3 Å². The molecular weight excluding hydrogens is 137 g/mol. The van der Waals surface area contributed by atoms with Gasteiger partial charge in [0.05, 0.1) is 0 Å². The zero-order chi connectivity index (χ0) is 8.27. The zero-order valence-corrected chi connectivity index (χ0v) is 6.67. The summed E-state index contributed by atoms with van der Waals surface area (Å²) < 4.78 is 0. The number of anilines is 1. The molecule has 1 aromatic carbocycles. The Labute approximate surface area is 67.4 Å². The predicted molar refractivity (Wildman–Crippen MR) is 49.8 cm³/mol. The Morgan fingerprint density at radius 1 is 1.45 bits per heavy atom. The molecule has 3 N–H and O–H groups in total. The molecule has 0 aliphatic heterocycles. The minimum absolute atomic E-state index is 0.198. The van der Waals surface area contributed by atoms with Crippen LogP contribution in [0.1, 0.15) is 5.56 Å². The maximum atomic E-state index is 8.65. The molecule has 0 amide bonds. The molecule has 58 valence electrons. The number of hydrogen-bond acceptors (Lipinski definition) is 2. The van der Waals surface area contributed by atoms with Gasteiger partial charge in [-0.3, -0.25) is 0 Å². The van der Waals surface area contributed by atoms with E-state index in [1.807, 2.05) is 26.0 Å². The quantitative estimate of drug-likeness (QED) is 0.421. The first kappa shape index (κ1) is 8.14. The van der Waals surface area contributed by atoms with E-state index in [1.165, 1.54) is 0 Å². The lowest BCUT2D eigenvalue weighted by Crippen LogP contribution is -2.10. The van der Waals surface area contributed by atoms with Crippen LogP contribution in [-0.4, -0.2) is 19.6 Å². The summed E-state index contributed by atoms with van der Waals surface area (Å²) in [6.07, 6.45) is 0.709. The summed E-state index contributed by atoms with van der Waals surface area (Å²) in [6, 6.07) is 5.82. The number of hydrogen-bond donors (Lipinski definition) is 2. The SMILES string of the molecule is Bc1cc(CCO)ccc1N. The highest BCUT2D eigenvalue weighted by molar-refractivity contribution is 6.35. The van der Waals surface area contributed by atoms with E-state index in [-0.39, 0.29) is 6.61 Å². The number of nitrogens with two attached hydrogens (primary N) is 1. The third-order valence-corrected chi connectivity index (χ3v) is 1.73. The summed E-state index contributed by atoms with van der Waals surface area (Å²) >= 11 is 0. The van der Waals surface area contributed by atoms with Crippen LogP contribution in [0.4, 0.5) is 5.69 Å². The summed E-state index contributed by atoms with van der Waals surface area (Å²) in [6.45, 7) is 0.198. The van der Waals surface area contributed by atoms with E-state index in [1.54, 1.807) is 0 Å². The van der Waals surface area contributed by atoms with Crippen LogP contribution in [-0.2, 0) is 6.42 Å². The van der Waals surface area contributed by atoms with E-state index in [0.717, 1.165) is 16.7 Å². The van der Waals surface area contributed by atoms with Gasteiger partial charge in [-0.2, -0.15) is 0 Å². The van der Waals surface area contributed by atoms with E-state index >= 15 is 0 Å². The number of rotatable bonds is 2. The van der Waals surface area contributed by atoms with E-state index < -0.39 is 0 Å². The van der Waals surface area contributed by atoms with E-state index in [4.69, 9.17) is 10.8 Å². The van der Waals surface area contributed by atoms with Crippen LogP contribution >= 0.6 is 0 Å². The van der Waals surface area contributed by atoms with Crippen molar-refractivity contribution in [2.45, 2.75) is 6.42 Å². The summed E-state index contributed by atoms with van der Waals surface area (Å²) in [5.74, 6) is 0. The predicted octanol–water partition coefficient (Wildman–Crippen LogP) is -0.938. The van der Waals surface area contributed by atoms with Gasteiger partial charge in [-0.25, -0.2) is 0 Å². The van der Waals surface area contributed by atoms with Crippen molar-refractivity contribution >= 4 is 19.0 Å². The molecule has 0 bridgehead atoms. The minimum atomic E-state index is 0.198. The monoisotopic (exact) mass is 149 g/mol. The van der Waals surface area contributed by atoms with Gasteiger partial charge in [0.25, 0.3) is 0 Å². The summed E-state index contributed by atoms with van der Waals surface area (Å²) in [4.78, 5) is 0. The van der Waals surface area contributed by atoms with E-state index in [0.29, 0.717) is 6.42 Å². The molecule has 1 aromatic rings. The molecule has 0 saturated carbocycles. The third kappa shape index (κ3) is 1.98. The number of aliphatic hydroxyl groups is 1. The Kier molecular flexibility index (Phi) is 2.55. The molecule has 0 aliphatic rings. The van der Waals surface area contributed by atoms with Gasteiger partial charge >= 0.3 is 0 Å². The Morgan fingerprint density at radius 2 is 2.18 bits per heavy atom. The van der Waals surface area contributed by atoms with Gasteiger partial charge in [-0.15, -0.1) is 0 Å². The van der Waals surface area contributed by atoms with E-state index in [9.17, 15) is 0 Å².